The molecule has 2 heterocycles. The molecule has 1 aliphatic heterocycles. The first-order chi connectivity index (χ1) is 9.70. The molecule has 1 unspecified atom stereocenters. The maximum Gasteiger partial charge on any atom is 0.343 e. The number of amides is 1. The second kappa shape index (κ2) is 7.49. The molecule has 1 aromatic heterocycles. The van der Waals surface area contributed by atoms with Gasteiger partial charge in [-0.15, -0.1) is 5.10 Å². The molecule has 2 N–H and O–H groups in total. The van der Waals surface area contributed by atoms with Crippen LogP contribution in [-0.4, -0.2) is 45.7 Å². The van der Waals surface area contributed by atoms with Crippen LogP contribution in [0.2, 0.25) is 0 Å². The summed E-state index contributed by atoms with van der Waals surface area (Å²) in [5.74, 6) is 0.185. The van der Waals surface area contributed by atoms with Crippen molar-refractivity contribution in [3.8, 4) is 0 Å². The van der Waals surface area contributed by atoms with Crippen LogP contribution in [0.15, 0.2) is 9.95 Å². The van der Waals surface area contributed by atoms with Crippen molar-refractivity contribution in [2.45, 2.75) is 44.0 Å². The highest BCUT2D eigenvalue weighted by Crippen LogP contribution is 2.13. The molecule has 1 amide bonds. The van der Waals surface area contributed by atoms with Gasteiger partial charge in [0.1, 0.15) is 0 Å². The Morgan fingerprint density at radius 2 is 2.50 bits per heavy atom. The van der Waals surface area contributed by atoms with E-state index in [0.717, 1.165) is 25.9 Å². The lowest BCUT2D eigenvalue weighted by atomic mass is 10.2. The molecule has 1 fully saturated rings. The number of ether oxygens (including phenoxy) is 1. The van der Waals surface area contributed by atoms with E-state index in [-0.39, 0.29) is 23.5 Å². The highest BCUT2D eigenvalue weighted by molar-refractivity contribution is 7.99. The predicted octanol–water partition coefficient (Wildman–Crippen LogP) is 0.369. The number of carbonyl (C=O) groups excluding carboxylic acids is 1. The third-order valence-corrected chi connectivity index (χ3v) is 4.03. The zero-order valence-electron chi connectivity index (χ0n) is 11.6. The molecular formula is C12H20N4O3S. The van der Waals surface area contributed by atoms with Crippen LogP contribution in [0.1, 0.15) is 26.2 Å². The van der Waals surface area contributed by atoms with Crippen molar-refractivity contribution < 1.29 is 9.53 Å². The van der Waals surface area contributed by atoms with Crippen LogP contribution in [0.5, 0.6) is 0 Å². The lowest BCUT2D eigenvalue weighted by Crippen LogP contribution is -2.33. The van der Waals surface area contributed by atoms with E-state index >= 15 is 0 Å². The summed E-state index contributed by atoms with van der Waals surface area (Å²) < 4.78 is 6.99. The van der Waals surface area contributed by atoms with Crippen molar-refractivity contribution in [1.29, 1.82) is 0 Å². The van der Waals surface area contributed by atoms with Crippen LogP contribution in [-0.2, 0) is 16.1 Å². The van der Waals surface area contributed by atoms with Crippen LogP contribution in [0.4, 0.5) is 0 Å². The Kier molecular flexibility index (Phi) is 5.66. The molecule has 20 heavy (non-hydrogen) atoms. The van der Waals surface area contributed by atoms with Gasteiger partial charge in [-0.1, -0.05) is 18.7 Å². The number of hydrogen-bond donors (Lipinski definition) is 2. The number of aromatic nitrogens is 3. The minimum Gasteiger partial charge on any atom is -0.376 e. The molecule has 1 aromatic rings. The topological polar surface area (TPSA) is 89.0 Å². The molecule has 1 atom stereocenters. The molecule has 112 valence electrons. The Balaban J connectivity index is 1.76. The highest BCUT2D eigenvalue weighted by atomic mass is 32.2. The van der Waals surface area contributed by atoms with Crippen LogP contribution < -0.4 is 11.0 Å². The second-order valence-electron chi connectivity index (χ2n) is 4.69. The summed E-state index contributed by atoms with van der Waals surface area (Å²) in [5, 5.41) is 9.74. The monoisotopic (exact) mass is 300 g/mol. The van der Waals surface area contributed by atoms with E-state index in [2.05, 4.69) is 15.5 Å². The van der Waals surface area contributed by atoms with Gasteiger partial charge < -0.3 is 10.1 Å². The standard InChI is InChI=1S/C12H20N4O3S/c1-2-5-16-11(18)14-15-12(16)20-8-10(17)13-7-9-4-3-6-19-9/h9H,2-8H2,1H3,(H,13,17)(H,14,18). The lowest BCUT2D eigenvalue weighted by Gasteiger charge is -2.10. The van der Waals surface area contributed by atoms with E-state index < -0.39 is 0 Å². The average Bonchev–Trinajstić information content (AvgIpc) is 3.06. The third kappa shape index (κ3) is 4.11. The van der Waals surface area contributed by atoms with Crippen molar-refractivity contribution in [3.63, 3.8) is 0 Å². The molecule has 1 aliphatic rings. The molecule has 0 saturated carbocycles. The second-order valence-corrected chi connectivity index (χ2v) is 5.63. The molecule has 2 rings (SSSR count). The first-order valence-corrected chi connectivity index (χ1v) is 7.85. The Morgan fingerprint density at radius 1 is 1.65 bits per heavy atom. The number of nitrogens with one attached hydrogen (secondary N) is 2. The maximum atomic E-state index is 11.7. The number of hydrogen-bond acceptors (Lipinski definition) is 5. The smallest absolute Gasteiger partial charge is 0.343 e. The minimum atomic E-state index is -0.228. The first kappa shape index (κ1) is 15.1. The van der Waals surface area contributed by atoms with Crippen LogP contribution in [0.25, 0.3) is 0 Å². The van der Waals surface area contributed by atoms with Crippen molar-refractivity contribution >= 4 is 17.7 Å². The average molecular weight is 300 g/mol. The van der Waals surface area contributed by atoms with E-state index in [9.17, 15) is 9.59 Å². The van der Waals surface area contributed by atoms with Gasteiger partial charge in [0.2, 0.25) is 5.91 Å². The first-order valence-electron chi connectivity index (χ1n) is 6.87. The van der Waals surface area contributed by atoms with Gasteiger partial charge in [-0.25, -0.2) is 9.89 Å². The summed E-state index contributed by atoms with van der Waals surface area (Å²) in [4.78, 5) is 23.2. The summed E-state index contributed by atoms with van der Waals surface area (Å²) in [6, 6.07) is 0. The fourth-order valence-electron chi connectivity index (χ4n) is 2.05. The van der Waals surface area contributed by atoms with Gasteiger partial charge in [0.15, 0.2) is 5.16 Å². The predicted molar refractivity (Wildman–Crippen MR) is 75.8 cm³/mol. The van der Waals surface area contributed by atoms with Crippen molar-refractivity contribution in [2.24, 2.45) is 0 Å². The molecule has 0 aromatic carbocycles. The van der Waals surface area contributed by atoms with Gasteiger partial charge in [-0.2, -0.15) is 0 Å². The molecule has 0 aliphatic carbocycles. The normalized spacial score (nSPS) is 18.4. The van der Waals surface area contributed by atoms with E-state index in [1.807, 2.05) is 6.92 Å². The third-order valence-electron chi connectivity index (χ3n) is 3.05. The molecular weight excluding hydrogens is 280 g/mol. The van der Waals surface area contributed by atoms with Crippen molar-refractivity contribution in [2.75, 3.05) is 18.9 Å². The Labute approximate surface area is 121 Å². The molecule has 0 spiro atoms. The van der Waals surface area contributed by atoms with E-state index in [1.165, 1.54) is 11.8 Å². The SMILES string of the molecule is CCCn1c(SCC(=O)NCC2CCCO2)n[nH]c1=O. The molecule has 0 bridgehead atoms. The number of rotatable bonds is 7. The van der Waals surface area contributed by atoms with E-state index in [4.69, 9.17) is 4.74 Å². The highest BCUT2D eigenvalue weighted by Gasteiger charge is 2.16. The number of H-pyrrole nitrogens is 1. The lowest BCUT2D eigenvalue weighted by molar-refractivity contribution is -0.119. The van der Waals surface area contributed by atoms with Gasteiger partial charge in [0, 0.05) is 19.7 Å². The summed E-state index contributed by atoms with van der Waals surface area (Å²) in [5.41, 5.74) is -0.228. The number of nitrogens with zero attached hydrogens (tertiary/aromatic N) is 2. The maximum absolute atomic E-state index is 11.7. The van der Waals surface area contributed by atoms with E-state index in [0.29, 0.717) is 18.2 Å². The van der Waals surface area contributed by atoms with Crippen LogP contribution in [0.3, 0.4) is 0 Å². The zero-order chi connectivity index (χ0) is 14.4. The number of aromatic amines is 1. The summed E-state index contributed by atoms with van der Waals surface area (Å²) >= 11 is 1.27. The fourth-order valence-corrected chi connectivity index (χ4v) is 2.85. The van der Waals surface area contributed by atoms with Crippen LogP contribution >= 0.6 is 11.8 Å². The van der Waals surface area contributed by atoms with Gasteiger partial charge >= 0.3 is 5.69 Å². The molecule has 7 nitrogen and oxygen atoms in total. The van der Waals surface area contributed by atoms with Crippen LogP contribution in [0, 0.1) is 0 Å². The number of carbonyl (C=O) groups is 1. The van der Waals surface area contributed by atoms with Gasteiger partial charge in [0.25, 0.3) is 0 Å². The Bertz CT molecular complexity index is 493. The Hall–Kier alpha value is -1.28. The fraction of sp³-hybridized carbons (Fsp3) is 0.750. The minimum absolute atomic E-state index is 0.0657. The van der Waals surface area contributed by atoms with Gasteiger partial charge in [0.05, 0.1) is 11.9 Å². The zero-order valence-corrected chi connectivity index (χ0v) is 12.4. The van der Waals surface area contributed by atoms with Crippen molar-refractivity contribution in [3.05, 3.63) is 10.5 Å². The molecule has 0 radical (unpaired) electrons. The Morgan fingerprint density at radius 3 is 3.20 bits per heavy atom. The molecule has 1 saturated heterocycles. The van der Waals surface area contributed by atoms with E-state index in [1.54, 1.807) is 4.57 Å². The number of thioether (sulfide) groups is 1. The summed E-state index contributed by atoms with van der Waals surface area (Å²) in [6.07, 6.45) is 3.06. The van der Waals surface area contributed by atoms with Crippen molar-refractivity contribution in [1.82, 2.24) is 20.1 Å². The quantitative estimate of drug-likeness (QED) is 0.710. The largest absolute Gasteiger partial charge is 0.376 e. The summed E-state index contributed by atoms with van der Waals surface area (Å²) in [7, 11) is 0. The summed E-state index contributed by atoms with van der Waals surface area (Å²) in [6.45, 7) is 3.94. The van der Waals surface area contributed by atoms with Gasteiger partial charge in [-0.3, -0.25) is 9.36 Å². The van der Waals surface area contributed by atoms with Gasteiger partial charge in [-0.05, 0) is 19.3 Å². The molecule has 8 heteroatoms.